The summed E-state index contributed by atoms with van der Waals surface area (Å²) >= 11 is 3.72. The summed E-state index contributed by atoms with van der Waals surface area (Å²) in [5.41, 5.74) is 5.32. The van der Waals surface area contributed by atoms with Crippen molar-refractivity contribution >= 4 is 15.9 Å². The first-order valence-corrected chi connectivity index (χ1v) is 8.37. The highest BCUT2D eigenvalue weighted by atomic mass is 79.9. The molecule has 0 spiro atoms. The Labute approximate surface area is 135 Å². The van der Waals surface area contributed by atoms with E-state index >= 15 is 0 Å². The number of hydrogen-bond donors (Lipinski definition) is 1. The highest BCUT2D eigenvalue weighted by Gasteiger charge is 2.30. The maximum atomic E-state index is 4.69. The quantitative estimate of drug-likeness (QED) is 0.884. The molecule has 3 rings (SSSR count). The van der Waals surface area contributed by atoms with E-state index < -0.39 is 0 Å². The van der Waals surface area contributed by atoms with Gasteiger partial charge in [0.25, 0.3) is 0 Å². The Morgan fingerprint density at radius 3 is 3.00 bits per heavy atom. The Morgan fingerprint density at radius 2 is 2.19 bits per heavy atom. The van der Waals surface area contributed by atoms with Crippen LogP contribution >= 0.6 is 15.9 Å². The molecule has 0 radical (unpaired) electrons. The largest absolute Gasteiger partial charge is 0.312 e. The number of pyridine rings is 1. The number of nitrogens with one attached hydrogen (secondary N) is 1. The summed E-state index contributed by atoms with van der Waals surface area (Å²) in [6, 6.07) is 11.2. The van der Waals surface area contributed by atoms with Crippen LogP contribution in [0, 0.1) is 6.92 Å². The molecule has 1 aromatic heterocycles. The van der Waals surface area contributed by atoms with E-state index in [0.717, 1.165) is 6.42 Å². The number of aryl methyl sites for hydroxylation is 2. The third kappa shape index (κ3) is 2.90. The monoisotopic (exact) mass is 344 g/mol. The number of fused-ring (bicyclic) bond motifs is 1. The molecule has 2 nitrogen and oxygen atoms in total. The predicted octanol–water partition coefficient (Wildman–Crippen LogP) is 4.53. The minimum atomic E-state index is 0.299. The Bertz CT molecular complexity index is 639. The summed E-state index contributed by atoms with van der Waals surface area (Å²) in [4.78, 5) is 4.69. The minimum absolute atomic E-state index is 0.299. The summed E-state index contributed by atoms with van der Waals surface area (Å²) in [5.74, 6) is 0.443. The summed E-state index contributed by atoms with van der Waals surface area (Å²) in [5, 5.41) is 3.53. The van der Waals surface area contributed by atoms with Gasteiger partial charge in [-0.15, -0.1) is 0 Å². The predicted molar refractivity (Wildman–Crippen MR) is 90.6 cm³/mol. The molecule has 21 heavy (non-hydrogen) atoms. The number of halogens is 1. The fourth-order valence-corrected chi connectivity index (χ4v) is 3.94. The van der Waals surface area contributed by atoms with Gasteiger partial charge in [0.05, 0.1) is 0 Å². The first-order valence-electron chi connectivity index (χ1n) is 7.58. The van der Waals surface area contributed by atoms with Gasteiger partial charge >= 0.3 is 0 Å². The molecule has 0 bridgehead atoms. The number of likely N-dealkylation sites (N-methyl/N-ethyl adjacent to an activating group) is 1. The molecule has 2 aromatic rings. The third-order valence-electron chi connectivity index (χ3n) is 4.44. The Kier molecular flexibility index (Phi) is 4.41. The Hall–Kier alpha value is -1.19. The van der Waals surface area contributed by atoms with E-state index in [1.165, 1.54) is 39.7 Å². The molecule has 1 aromatic carbocycles. The maximum absolute atomic E-state index is 4.69. The van der Waals surface area contributed by atoms with Gasteiger partial charge in [0, 0.05) is 28.3 Å². The highest BCUT2D eigenvalue weighted by molar-refractivity contribution is 9.10. The Morgan fingerprint density at radius 1 is 1.33 bits per heavy atom. The molecule has 1 aliphatic rings. The topological polar surface area (TPSA) is 24.9 Å². The van der Waals surface area contributed by atoms with Crippen molar-refractivity contribution in [2.75, 3.05) is 7.05 Å². The van der Waals surface area contributed by atoms with Crippen LogP contribution in [0.4, 0.5) is 0 Å². The van der Waals surface area contributed by atoms with Crippen LogP contribution in [0.15, 0.2) is 41.0 Å². The standard InChI is InChI=1S/C18H21BrN2/c1-12-8-9-16(19)15(11-12)18(20-2)14-7-3-5-13-6-4-10-21-17(13)14/h4,6,8-11,14,18,20H,3,5,7H2,1-2H3. The number of rotatable bonds is 3. The van der Waals surface area contributed by atoms with Crippen molar-refractivity contribution in [2.45, 2.75) is 38.1 Å². The normalized spacial score (nSPS) is 19.1. The molecular weight excluding hydrogens is 324 g/mol. The second-order valence-electron chi connectivity index (χ2n) is 5.84. The van der Waals surface area contributed by atoms with Crippen molar-refractivity contribution in [3.05, 3.63) is 63.4 Å². The zero-order valence-corrected chi connectivity index (χ0v) is 14.2. The molecule has 2 atom stereocenters. The van der Waals surface area contributed by atoms with E-state index in [-0.39, 0.29) is 0 Å². The minimum Gasteiger partial charge on any atom is -0.312 e. The maximum Gasteiger partial charge on any atom is 0.0485 e. The van der Waals surface area contributed by atoms with Crippen molar-refractivity contribution < 1.29 is 0 Å². The molecule has 110 valence electrons. The van der Waals surface area contributed by atoms with Crippen LogP contribution in [0.2, 0.25) is 0 Å². The van der Waals surface area contributed by atoms with Crippen molar-refractivity contribution in [3.63, 3.8) is 0 Å². The third-order valence-corrected chi connectivity index (χ3v) is 5.16. The van der Waals surface area contributed by atoms with E-state index in [1.807, 2.05) is 6.20 Å². The lowest BCUT2D eigenvalue weighted by Crippen LogP contribution is -2.27. The van der Waals surface area contributed by atoms with E-state index in [1.54, 1.807) is 0 Å². The van der Waals surface area contributed by atoms with E-state index in [4.69, 9.17) is 4.98 Å². The van der Waals surface area contributed by atoms with Gasteiger partial charge in [-0.3, -0.25) is 4.98 Å². The molecule has 2 unspecified atom stereocenters. The molecule has 1 N–H and O–H groups in total. The molecule has 0 saturated heterocycles. The van der Waals surface area contributed by atoms with E-state index in [9.17, 15) is 0 Å². The zero-order valence-electron chi connectivity index (χ0n) is 12.6. The number of benzene rings is 1. The second kappa shape index (κ2) is 6.29. The van der Waals surface area contributed by atoms with Gasteiger partial charge in [-0.25, -0.2) is 0 Å². The van der Waals surface area contributed by atoms with Crippen LogP contribution in [0.1, 0.15) is 47.2 Å². The van der Waals surface area contributed by atoms with E-state index in [0.29, 0.717) is 12.0 Å². The summed E-state index contributed by atoms with van der Waals surface area (Å²) in [7, 11) is 2.05. The number of hydrogen-bond acceptors (Lipinski definition) is 2. The highest BCUT2D eigenvalue weighted by Crippen LogP contribution is 2.41. The molecule has 1 heterocycles. The molecule has 0 aliphatic heterocycles. The van der Waals surface area contributed by atoms with Gasteiger partial charge in [-0.05, 0) is 56.5 Å². The molecule has 3 heteroatoms. The average molecular weight is 345 g/mol. The van der Waals surface area contributed by atoms with Gasteiger partial charge in [0.1, 0.15) is 0 Å². The van der Waals surface area contributed by atoms with E-state index in [2.05, 4.69) is 65.5 Å². The smallest absolute Gasteiger partial charge is 0.0485 e. The summed E-state index contributed by atoms with van der Waals surface area (Å²) in [6.45, 7) is 2.15. The molecule has 1 aliphatic carbocycles. The Balaban J connectivity index is 2.03. The van der Waals surface area contributed by atoms with Crippen LogP contribution in [0.5, 0.6) is 0 Å². The van der Waals surface area contributed by atoms with Gasteiger partial charge in [0.2, 0.25) is 0 Å². The van der Waals surface area contributed by atoms with Gasteiger partial charge < -0.3 is 5.32 Å². The first kappa shape index (κ1) is 14.7. The van der Waals surface area contributed by atoms with Crippen LogP contribution < -0.4 is 5.32 Å². The van der Waals surface area contributed by atoms with Crippen LogP contribution in [0.3, 0.4) is 0 Å². The molecule has 0 fully saturated rings. The summed E-state index contributed by atoms with van der Waals surface area (Å²) < 4.78 is 1.18. The van der Waals surface area contributed by atoms with Crippen LogP contribution in [-0.2, 0) is 6.42 Å². The van der Waals surface area contributed by atoms with Crippen molar-refractivity contribution in [1.29, 1.82) is 0 Å². The number of aromatic nitrogens is 1. The SMILES string of the molecule is CNC(c1cc(C)ccc1Br)C1CCCc2cccnc21. The fourth-order valence-electron chi connectivity index (χ4n) is 3.44. The lowest BCUT2D eigenvalue weighted by molar-refractivity contribution is 0.414. The first-order chi connectivity index (χ1) is 10.2. The van der Waals surface area contributed by atoms with Crippen LogP contribution in [0.25, 0.3) is 0 Å². The van der Waals surface area contributed by atoms with Crippen molar-refractivity contribution in [2.24, 2.45) is 0 Å². The summed E-state index contributed by atoms with van der Waals surface area (Å²) in [6.07, 6.45) is 5.52. The number of nitrogens with zero attached hydrogens (tertiary/aromatic N) is 1. The lowest BCUT2D eigenvalue weighted by atomic mass is 9.79. The van der Waals surface area contributed by atoms with Gasteiger partial charge in [-0.1, -0.05) is 39.7 Å². The second-order valence-corrected chi connectivity index (χ2v) is 6.69. The lowest BCUT2D eigenvalue weighted by Gasteiger charge is -2.32. The molecule has 0 amide bonds. The molecule has 0 saturated carbocycles. The van der Waals surface area contributed by atoms with Crippen molar-refractivity contribution in [3.8, 4) is 0 Å². The fraction of sp³-hybridized carbons (Fsp3) is 0.389. The van der Waals surface area contributed by atoms with Gasteiger partial charge in [0.15, 0.2) is 0 Å². The van der Waals surface area contributed by atoms with Gasteiger partial charge in [-0.2, -0.15) is 0 Å². The van der Waals surface area contributed by atoms with Crippen molar-refractivity contribution in [1.82, 2.24) is 10.3 Å². The molecular formula is C18H21BrN2. The average Bonchev–Trinajstić information content (AvgIpc) is 2.51. The van der Waals surface area contributed by atoms with Crippen LogP contribution in [-0.4, -0.2) is 12.0 Å². The zero-order chi connectivity index (χ0) is 14.8.